The minimum Gasteiger partial charge on any atom is -0.469 e. The van der Waals surface area contributed by atoms with Gasteiger partial charge < -0.3 is 9.64 Å². The second kappa shape index (κ2) is 11.1. The van der Waals surface area contributed by atoms with Gasteiger partial charge in [0.2, 0.25) is 0 Å². The highest BCUT2D eigenvalue weighted by atomic mass is 16.5. The van der Waals surface area contributed by atoms with E-state index in [1.807, 2.05) is 10.7 Å². The number of piperidine rings is 1. The summed E-state index contributed by atoms with van der Waals surface area (Å²) < 4.78 is 6.88. The Hall–Kier alpha value is -2.36. The maximum absolute atomic E-state index is 11.7. The molecule has 1 aromatic carbocycles. The van der Waals surface area contributed by atoms with Crippen LogP contribution in [0.15, 0.2) is 30.3 Å². The molecular formula is C26H39N7O2. The van der Waals surface area contributed by atoms with Crippen LogP contribution in [0.2, 0.25) is 0 Å². The van der Waals surface area contributed by atoms with E-state index in [9.17, 15) is 4.79 Å². The van der Waals surface area contributed by atoms with Gasteiger partial charge in [0.15, 0.2) is 5.82 Å². The molecule has 0 N–H and O–H groups in total. The predicted molar refractivity (Wildman–Crippen MR) is 133 cm³/mol. The van der Waals surface area contributed by atoms with E-state index in [0.29, 0.717) is 13.0 Å². The van der Waals surface area contributed by atoms with E-state index in [0.717, 1.165) is 64.0 Å². The van der Waals surface area contributed by atoms with E-state index < -0.39 is 0 Å². The highest BCUT2D eigenvalue weighted by Crippen LogP contribution is 2.39. The number of methoxy groups -OCH3 is 1. The largest absolute Gasteiger partial charge is 0.469 e. The molecule has 2 saturated heterocycles. The molecule has 0 amide bonds. The van der Waals surface area contributed by atoms with E-state index in [-0.39, 0.29) is 11.5 Å². The molecule has 5 rings (SSSR count). The number of likely N-dealkylation sites (tertiary alicyclic amines) is 1. The number of hydrogen-bond donors (Lipinski definition) is 0. The van der Waals surface area contributed by atoms with E-state index in [1.54, 1.807) is 0 Å². The van der Waals surface area contributed by atoms with Gasteiger partial charge in [-0.25, -0.2) is 4.68 Å². The number of benzene rings is 1. The van der Waals surface area contributed by atoms with Gasteiger partial charge in [0, 0.05) is 45.3 Å². The Balaban J connectivity index is 1.37. The molecule has 2 aliphatic heterocycles. The van der Waals surface area contributed by atoms with Gasteiger partial charge in [-0.1, -0.05) is 36.8 Å². The van der Waals surface area contributed by atoms with Crippen LogP contribution in [0, 0.1) is 0 Å². The summed E-state index contributed by atoms with van der Waals surface area (Å²) in [5, 5.41) is 13.3. The summed E-state index contributed by atoms with van der Waals surface area (Å²) in [7, 11) is 1.46. The SMILES string of the molecule is COC(=O)CCN1CCC(c2nnnn2Cc2ccccc2)(N2CCCN(C3CCC3)CC2)CC1. The zero-order chi connectivity index (χ0) is 24.1. The Morgan fingerprint density at radius 3 is 2.54 bits per heavy atom. The molecule has 0 unspecified atom stereocenters. The van der Waals surface area contributed by atoms with Gasteiger partial charge in [-0.15, -0.1) is 5.10 Å². The van der Waals surface area contributed by atoms with Gasteiger partial charge in [-0.05, 0) is 54.6 Å². The second-order valence-electron chi connectivity index (χ2n) is 10.3. The van der Waals surface area contributed by atoms with E-state index >= 15 is 0 Å². The lowest BCUT2D eigenvalue weighted by atomic mass is 9.84. The Bertz CT molecular complexity index is 954. The van der Waals surface area contributed by atoms with Crippen LogP contribution >= 0.6 is 0 Å². The van der Waals surface area contributed by atoms with Crippen molar-refractivity contribution in [2.45, 2.75) is 63.1 Å². The van der Waals surface area contributed by atoms with Gasteiger partial charge in [-0.3, -0.25) is 14.6 Å². The quantitative estimate of drug-likeness (QED) is 0.531. The maximum atomic E-state index is 11.7. The van der Waals surface area contributed by atoms with Crippen LogP contribution < -0.4 is 0 Å². The number of hydrogen-bond acceptors (Lipinski definition) is 8. The minimum absolute atomic E-state index is 0.141. The van der Waals surface area contributed by atoms with Crippen molar-refractivity contribution in [2.24, 2.45) is 0 Å². The third-order valence-electron chi connectivity index (χ3n) is 8.39. The van der Waals surface area contributed by atoms with Crippen molar-refractivity contribution >= 4 is 5.97 Å². The number of carbonyl (C=O) groups excluding carboxylic acids is 1. The summed E-state index contributed by atoms with van der Waals surface area (Å²) in [4.78, 5) is 19.5. The first kappa shape index (κ1) is 24.3. The number of ether oxygens (including phenoxy) is 1. The van der Waals surface area contributed by atoms with Crippen molar-refractivity contribution in [3.05, 3.63) is 41.7 Å². The standard InChI is InChI=1S/C26H39N7O2/c1-35-24(34)11-16-30-17-12-26(13-18-30,32-15-6-14-31(19-20-32)23-9-5-10-23)25-27-28-29-33(25)21-22-7-3-2-4-8-22/h2-4,7-8,23H,5-6,9-21H2,1H3. The van der Waals surface area contributed by atoms with Gasteiger partial charge in [-0.2, -0.15) is 0 Å². The number of aromatic nitrogens is 4. The topological polar surface area (TPSA) is 79.6 Å². The number of tetrazole rings is 1. The third-order valence-corrected chi connectivity index (χ3v) is 8.39. The minimum atomic E-state index is -0.185. The Labute approximate surface area is 208 Å². The first-order valence-electron chi connectivity index (χ1n) is 13.3. The maximum Gasteiger partial charge on any atom is 0.306 e. The Morgan fingerprint density at radius 1 is 1.03 bits per heavy atom. The zero-order valence-electron chi connectivity index (χ0n) is 21.0. The van der Waals surface area contributed by atoms with Crippen LogP contribution in [0.3, 0.4) is 0 Å². The molecule has 9 heteroatoms. The lowest BCUT2D eigenvalue weighted by Crippen LogP contribution is -2.56. The van der Waals surface area contributed by atoms with Crippen molar-refractivity contribution in [1.29, 1.82) is 0 Å². The summed E-state index contributed by atoms with van der Waals surface area (Å²) in [5.41, 5.74) is 1.02. The molecule has 35 heavy (non-hydrogen) atoms. The first-order chi connectivity index (χ1) is 17.2. The molecule has 0 spiro atoms. The Kier molecular flexibility index (Phi) is 7.75. The fourth-order valence-electron chi connectivity index (χ4n) is 6.06. The van der Waals surface area contributed by atoms with Gasteiger partial charge in [0.1, 0.15) is 0 Å². The monoisotopic (exact) mass is 481 g/mol. The molecule has 1 aliphatic carbocycles. The van der Waals surface area contributed by atoms with Gasteiger partial charge in [0.25, 0.3) is 0 Å². The van der Waals surface area contributed by atoms with Crippen LogP contribution in [0.4, 0.5) is 0 Å². The molecule has 2 aromatic rings. The molecule has 190 valence electrons. The molecule has 3 aliphatic rings. The van der Waals surface area contributed by atoms with E-state index in [2.05, 4.69) is 54.5 Å². The summed E-state index contributed by atoms with van der Waals surface area (Å²) in [5.74, 6) is 0.850. The Morgan fingerprint density at radius 2 is 1.83 bits per heavy atom. The molecule has 3 heterocycles. The number of nitrogens with zero attached hydrogens (tertiary/aromatic N) is 7. The molecule has 0 radical (unpaired) electrons. The number of carbonyl (C=O) groups is 1. The molecule has 0 bridgehead atoms. The van der Waals surface area contributed by atoms with Gasteiger partial charge >= 0.3 is 5.97 Å². The zero-order valence-corrected chi connectivity index (χ0v) is 21.0. The van der Waals surface area contributed by atoms with Gasteiger partial charge in [0.05, 0.1) is 25.6 Å². The summed E-state index contributed by atoms with van der Waals surface area (Å²) >= 11 is 0. The number of rotatable bonds is 8. The van der Waals surface area contributed by atoms with E-state index in [4.69, 9.17) is 4.74 Å². The van der Waals surface area contributed by atoms with Crippen LogP contribution in [-0.4, -0.2) is 99.8 Å². The second-order valence-corrected chi connectivity index (χ2v) is 10.3. The van der Waals surface area contributed by atoms with E-state index in [1.165, 1.54) is 44.9 Å². The molecule has 3 fully saturated rings. The normalized spacial score (nSPS) is 22.4. The molecular weight excluding hydrogens is 442 g/mol. The highest BCUT2D eigenvalue weighted by Gasteiger charge is 2.46. The average molecular weight is 482 g/mol. The average Bonchev–Trinajstić information content (AvgIpc) is 3.19. The predicted octanol–water partition coefficient (Wildman–Crippen LogP) is 2.14. The van der Waals surface area contributed by atoms with Crippen LogP contribution in [0.25, 0.3) is 0 Å². The third kappa shape index (κ3) is 5.42. The smallest absolute Gasteiger partial charge is 0.306 e. The first-order valence-corrected chi connectivity index (χ1v) is 13.3. The molecule has 1 aromatic heterocycles. The number of esters is 1. The summed E-state index contributed by atoms with van der Waals surface area (Å²) in [6.45, 7) is 7.72. The lowest BCUT2D eigenvalue weighted by molar-refractivity contribution is -0.141. The molecule has 9 nitrogen and oxygen atoms in total. The fraction of sp³-hybridized carbons (Fsp3) is 0.692. The summed E-state index contributed by atoms with van der Waals surface area (Å²) in [6.07, 6.45) is 7.65. The van der Waals surface area contributed by atoms with Crippen LogP contribution in [0.5, 0.6) is 0 Å². The van der Waals surface area contributed by atoms with Crippen LogP contribution in [-0.2, 0) is 21.6 Å². The fourth-order valence-corrected chi connectivity index (χ4v) is 6.06. The summed E-state index contributed by atoms with van der Waals surface area (Å²) in [6, 6.07) is 11.2. The molecule has 0 atom stereocenters. The van der Waals surface area contributed by atoms with Crippen molar-refractivity contribution in [1.82, 2.24) is 34.9 Å². The highest BCUT2D eigenvalue weighted by molar-refractivity contribution is 5.69. The molecule has 1 saturated carbocycles. The van der Waals surface area contributed by atoms with Crippen LogP contribution in [0.1, 0.15) is 56.3 Å². The van der Waals surface area contributed by atoms with Crippen molar-refractivity contribution in [3.63, 3.8) is 0 Å². The van der Waals surface area contributed by atoms with Crippen molar-refractivity contribution < 1.29 is 9.53 Å². The van der Waals surface area contributed by atoms with Crippen molar-refractivity contribution in [2.75, 3.05) is 52.9 Å². The lowest BCUT2D eigenvalue weighted by Gasteiger charge is -2.47. The van der Waals surface area contributed by atoms with Crippen molar-refractivity contribution in [3.8, 4) is 0 Å².